The first kappa shape index (κ1) is 15.0. The maximum absolute atomic E-state index is 12.3. The minimum absolute atomic E-state index is 0.103. The van der Waals surface area contributed by atoms with Gasteiger partial charge in [0.05, 0.1) is 11.0 Å². The van der Waals surface area contributed by atoms with Gasteiger partial charge in [-0.2, -0.15) is 0 Å². The molecule has 0 saturated heterocycles. The molecule has 0 spiro atoms. The van der Waals surface area contributed by atoms with Crippen LogP contribution >= 0.6 is 0 Å². The summed E-state index contributed by atoms with van der Waals surface area (Å²) < 4.78 is 32.9. The van der Waals surface area contributed by atoms with Crippen LogP contribution in [0.3, 0.4) is 0 Å². The van der Waals surface area contributed by atoms with E-state index in [4.69, 9.17) is 10.4 Å². The number of rotatable bonds is 4. The Morgan fingerprint density at radius 2 is 2.05 bits per heavy atom. The third-order valence-electron chi connectivity index (χ3n) is 3.67. The number of hydrogen-bond donors (Lipinski definition) is 2. The van der Waals surface area contributed by atoms with Crippen molar-refractivity contribution < 1.29 is 13.1 Å². The third kappa shape index (κ3) is 2.72. The standard InChI is InChI=1S/C14H16BN3O3S/c1-15-13-8-10(2-3-12(13)14(9-16)21-15)18-22(19,20)11-4-6-17-7-5-11/h2-8,14,18H,9,16H2,1H3. The Hall–Kier alpha value is -1.90. The van der Waals surface area contributed by atoms with Crippen molar-refractivity contribution in [2.24, 2.45) is 5.73 Å². The molecule has 114 valence electrons. The summed E-state index contributed by atoms with van der Waals surface area (Å²) in [4.78, 5) is 3.99. The van der Waals surface area contributed by atoms with Gasteiger partial charge in [-0.1, -0.05) is 12.9 Å². The molecule has 1 unspecified atom stereocenters. The summed E-state index contributed by atoms with van der Waals surface area (Å²) in [5, 5.41) is 0. The SMILES string of the molecule is CB1OC(CN)c2ccc(NS(=O)(=O)c3ccncc3)cc21. The topological polar surface area (TPSA) is 94.3 Å². The molecule has 2 aromatic rings. The molecule has 22 heavy (non-hydrogen) atoms. The molecule has 1 aliphatic heterocycles. The molecule has 6 nitrogen and oxygen atoms in total. The second-order valence-corrected chi connectivity index (χ2v) is 6.82. The molecule has 1 aromatic heterocycles. The lowest BCUT2D eigenvalue weighted by atomic mass is 9.64. The maximum Gasteiger partial charge on any atom is 0.324 e. The highest BCUT2D eigenvalue weighted by Crippen LogP contribution is 2.25. The van der Waals surface area contributed by atoms with E-state index in [1.807, 2.05) is 12.9 Å². The highest BCUT2D eigenvalue weighted by atomic mass is 32.2. The summed E-state index contributed by atoms with van der Waals surface area (Å²) in [7, 11) is -3.62. The monoisotopic (exact) mass is 317 g/mol. The van der Waals surface area contributed by atoms with Crippen LogP contribution in [0.15, 0.2) is 47.6 Å². The number of pyridine rings is 1. The lowest BCUT2D eigenvalue weighted by Gasteiger charge is -2.11. The summed E-state index contributed by atoms with van der Waals surface area (Å²) in [6.07, 6.45) is 2.76. The Morgan fingerprint density at radius 1 is 1.32 bits per heavy atom. The summed E-state index contributed by atoms with van der Waals surface area (Å²) in [5.41, 5.74) is 8.17. The van der Waals surface area contributed by atoms with Crippen LogP contribution in [0.25, 0.3) is 0 Å². The Bertz CT molecular complexity index is 783. The zero-order chi connectivity index (χ0) is 15.7. The van der Waals surface area contributed by atoms with Crippen molar-refractivity contribution >= 4 is 28.1 Å². The van der Waals surface area contributed by atoms with Gasteiger partial charge in [-0.15, -0.1) is 0 Å². The van der Waals surface area contributed by atoms with Gasteiger partial charge >= 0.3 is 6.92 Å². The van der Waals surface area contributed by atoms with Crippen molar-refractivity contribution in [1.82, 2.24) is 4.98 Å². The van der Waals surface area contributed by atoms with Crippen molar-refractivity contribution in [3.8, 4) is 0 Å². The van der Waals surface area contributed by atoms with Gasteiger partial charge in [-0.05, 0) is 35.3 Å². The van der Waals surface area contributed by atoms with Gasteiger partial charge in [-0.3, -0.25) is 9.71 Å². The van der Waals surface area contributed by atoms with Crippen LogP contribution in [0.4, 0.5) is 5.69 Å². The van der Waals surface area contributed by atoms with Crippen LogP contribution < -0.4 is 15.9 Å². The highest BCUT2D eigenvalue weighted by Gasteiger charge is 2.31. The normalized spacial score (nSPS) is 17.4. The molecule has 0 amide bonds. The smallest absolute Gasteiger partial charge is 0.324 e. The molecule has 1 aliphatic rings. The van der Waals surface area contributed by atoms with Crippen molar-refractivity contribution in [2.45, 2.75) is 17.8 Å². The van der Waals surface area contributed by atoms with Crippen molar-refractivity contribution in [3.63, 3.8) is 0 Å². The number of nitrogens with zero attached hydrogens (tertiary/aromatic N) is 1. The molecule has 8 heteroatoms. The summed E-state index contributed by atoms with van der Waals surface area (Å²) >= 11 is 0. The van der Waals surface area contributed by atoms with Gasteiger partial charge < -0.3 is 10.4 Å². The van der Waals surface area contributed by atoms with Crippen LogP contribution in [-0.2, 0) is 14.7 Å². The lowest BCUT2D eigenvalue weighted by molar-refractivity contribution is 0.235. The fourth-order valence-electron chi connectivity index (χ4n) is 2.59. The first-order valence-corrected chi connectivity index (χ1v) is 8.42. The quantitative estimate of drug-likeness (QED) is 0.811. The molecule has 2 heterocycles. The number of hydrogen-bond acceptors (Lipinski definition) is 5. The average molecular weight is 317 g/mol. The highest BCUT2D eigenvalue weighted by molar-refractivity contribution is 7.92. The van der Waals surface area contributed by atoms with Gasteiger partial charge in [0.2, 0.25) is 0 Å². The van der Waals surface area contributed by atoms with E-state index < -0.39 is 10.0 Å². The zero-order valence-corrected chi connectivity index (χ0v) is 12.9. The first-order valence-electron chi connectivity index (χ1n) is 6.93. The molecular formula is C14H16BN3O3S. The molecule has 1 aromatic carbocycles. The van der Waals surface area contributed by atoms with Gasteiger partial charge in [0.1, 0.15) is 0 Å². The molecular weight excluding hydrogens is 301 g/mol. The fraction of sp³-hybridized carbons (Fsp3) is 0.214. The van der Waals surface area contributed by atoms with Gasteiger partial charge in [0.25, 0.3) is 10.0 Å². The predicted molar refractivity (Wildman–Crippen MR) is 85.6 cm³/mol. The molecule has 3 rings (SSSR count). The van der Waals surface area contributed by atoms with Gasteiger partial charge in [-0.25, -0.2) is 8.42 Å². The van der Waals surface area contributed by atoms with Crippen LogP contribution in [-0.4, -0.2) is 26.9 Å². The van der Waals surface area contributed by atoms with E-state index in [0.29, 0.717) is 12.2 Å². The van der Waals surface area contributed by atoms with Crippen molar-refractivity contribution in [3.05, 3.63) is 48.3 Å². The summed E-state index contributed by atoms with van der Waals surface area (Å²) in [6, 6.07) is 8.29. The Morgan fingerprint density at radius 3 is 2.73 bits per heavy atom. The Kier molecular flexibility index (Phi) is 3.90. The number of anilines is 1. The zero-order valence-electron chi connectivity index (χ0n) is 12.1. The molecule has 0 fully saturated rings. The van der Waals surface area contributed by atoms with Crippen LogP contribution in [0, 0.1) is 0 Å². The van der Waals surface area contributed by atoms with Crippen molar-refractivity contribution in [1.29, 1.82) is 0 Å². The third-order valence-corrected chi connectivity index (χ3v) is 5.06. The minimum Gasteiger partial charge on any atom is -0.423 e. The molecule has 0 aliphatic carbocycles. The number of fused-ring (bicyclic) bond motifs is 1. The van der Waals surface area contributed by atoms with Gasteiger partial charge in [0.15, 0.2) is 0 Å². The Balaban J connectivity index is 1.90. The number of benzene rings is 1. The lowest BCUT2D eigenvalue weighted by Crippen LogP contribution is -2.25. The summed E-state index contributed by atoms with van der Waals surface area (Å²) in [5.74, 6) is 0. The first-order chi connectivity index (χ1) is 10.5. The molecule has 0 saturated carbocycles. The van der Waals surface area contributed by atoms with E-state index in [0.717, 1.165) is 11.0 Å². The van der Waals surface area contributed by atoms with E-state index in [2.05, 4.69) is 9.71 Å². The average Bonchev–Trinajstić information content (AvgIpc) is 2.84. The van der Waals surface area contributed by atoms with E-state index in [1.165, 1.54) is 24.5 Å². The number of aromatic nitrogens is 1. The number of nitrogens with two attached hydrogens (primary N) is 1. The molecule has 1 atom stereocenters. The van der Waals surface area contributed by atoms with E-state index in [1.54, 1.807) is 12.1 Å². The number of nitrogens with one attached hydrogen (secondary N) is 1. The summed E-state index contributed by atoms with van der Waals surface area (Å²) in [6.45, 7) is 2.23. The molecule has 0 radical (unpaired) electrons. The van der Waals surface area contributed by atoms with Crippen LogP contribution in [0.1, 0.15) is 11.7 Å². The van der Waals surface area contributed by atoms with Gasteiger partial charge in [0, 0.05) is 24.6 Å². The van der Waals surface area contributed by atoms with Crippen LogP contribution in [0.5, 0.6) is 0 Å². The van der Waals surface area contributed by atoms with E-state index in [-0.39, 0.29) is 17.9 Å². The number of sulfonamides is 1. The largest absolute Gasteiger partial charge is 0.423 e. The second-order valence-electron chi connectivity index (χ2n) is 5.13. The Labute approximate surface area is 129 Å². The molecule has 0 bridgehead atoms. The molecule has 3 N–H and O–H groups in total. The van der Waals surface area contributed by atoms with E-state index in [9.17, 15) is 8.42 Å². The van der Waals surface area contributed by atoms with Crippen LogP contribution in [0.2, 0.25) is 6.82 Å². The predicted octanol–water partition coefficient (Wildman–Crippen LogP) is 0.741. The maximum atomic E-state index is 12.3. The van der Waals surface area contributed by atoms with Crippen molar-refractivity contribution in [2.75, 3.05) is 11.3 Å². The minimum atomic E-state index is -3.62. The van der Waals surface area contributed by atoms with E-state index >= 15 is 0 Å². The fourth-order valence-corrected chi connectivity index (χ4v) is 3.63. The second kappa shape index (κ2) is 5.71.